The lowest BCUT2D eigenvalue weighted by Crippen LogP contribution is -2.05. The standard InChI is InChI=1S/C11H13NO2/c1-6-3-8-4-10(14)12-11(8)9(5-13)7(6)2/h3,13H,4-5H2,1-2H3,(H,12,14). The van der Waals surface area contributed by atoms with E-state index in [9.17, 15) is 9.90 Å². The van der Waals surface area contributed by atoms with Crippen LogP contribution in [-0.2, 0) is 17.8 Å². The van der Waals surface area contributed by atoms with E-state index in [4.69, 9.17) is 0 Å². The second-order valence-corrected chi connectivity index (χ2v) is 3.71. The summed E-state index contributed by atoms with van der Waals surface area (Å²) in [6.45, 7) is 3.94. The van der Waals surface area contributed by atoms with Crippen LogP contribution in [-0.4, -0.2) is 11.0 Å². The minimum Gasteiger partial charge on any atom is -0.392 e. The molecule has 0 radical (unpaired) electrons. The van der Waals surface area contributed by atoms with Crippen molar-refractivity contribution in [2.75, 3.05) is 5.32 Å². The van der Waals surface area contributed by atoms with Crippen molar-refractivity contribution in [1.82, 2.24) is 0 Å². The largest absolute Gasteiger partial charge is 0.392 e. The van der Waals surface area contributed by atoms with Gasteiger partial charge in [0.2, 0.25) is 5.91 Å². The van der Waals surface area contributed by atoms with E-state index < -0.39 is 0 Å². The summed E-state index contributed by atoms with van der Waals surface area (Å²) in [6.07, 6.45) is 0.434. The van der Waals surface area contributed by atoms with Crippen molar-refractivity contribution in [3.05, 3.63) is 28.3 Å². The van der Waals surface area contributed by atoms with Gasteiger partial charge in [0.05, 0.1) is 18.7 Å². The molecule has 1 amide bonds. The quantitative estimate of drug-likeness (QED) is 0.702. The predicted molar refractivity (Wildman–Crippen MR) is 54.2 cm³/mol. The summed E-state index contributed by atoms with van der Waals surface area (Å²) in [7, 11) is 0. The summed E-state index contributed by atoms with van der Waals surface area (Å²) >= 11 is 0. The molecular formula is C11H13NO2. The van der Waals surface area contributed by atoms with Crippen LogP contribution in [0.4, 0.5) is 5.69 Å². The number of hydrogen-bond acceptors (Lipinski definition) is 2. The second-order valence-electron chi connectivity index (χ2n) is 3.71. The molecule has 0 atom stereocenters. The van der Waals surface area contributed by atoms with Crippen molar-refractivity contribution < 1.29 is 9.90 Å². The topological polar surface area (TPSA) is 49.3 Å². The molecule has 0 bridgehead atoms. The summed E-state index contributed by atoms with van der Waals surface area (Å²) in [4.78, 5) is 11.2. The van der Waals surface area contributed by atoms with Crippen LogP contribution < -0.4 is 5.32 Å². The van der Waals surface area contributed by atoms with Crippen LogP contribution >= 0.6 is 0 Å². The monoisotopic (exact) mass is 191 g/mol. The first-order valence-electron chi connectivity index (χ1n) is 4.66. The molecule has 0 saturated heterocycles. The van der Waals surface area contributed by atoms with Crippen LogP contribution in [0.2, 0.25) is 0 Å². The number of carbonyl (C=O) groups excluding carboxylic acids is 1. The summed E-state index contributed by atoms with van der Waals surface area (Å²) in [5, 5.41) is 12.0. The minimum atomic E-state index is -0.0177. The molecule has 74 valence electrons. The van der Waals surface area contributed by atoms with E-state index in [2.05, 4.69) is 5.32 Å². The van der Waals surface area contributed by atoms with Crippen LogP contribution in [0.5, 0.6) is 0 Å². The molecule has 0 fully saturated rings. The molecule has 14 heavy (non-hydrogen) atoms. The number of amides is 1. The molecule has 1 aromatic carbocycles. The number of rotatable bonds is 1. The highest BCUT2D eigenvalue weighted by atomic mass is 16.3. The number of hydrogen-bond donors (Lipinski definition) is 2. The zero-order valence-electron chi connectivity index (χ0n) is 8.35. The Bertz CT molecular complexity index is 410. The fourth-order valence-electron chi connectivity index (χ4n) is 1.91. The Morgan fingerprint density at radius 2 is 2.21 bits per heavy atom. The van der Waals surface area contributed by atoms with Gasteiger partial charge in [-0.2, -0.15) is 0 Å². The van der Waals surface area contributed by atoms with E-state index in [0.717, 1.165) is 27.9 Å². The number of aliphatic hydroxyl groups is 1. The fourth-order valence-corrected chi connectivity index (χ4v) is 1.91. The second kappa shape index (κ2) is 3.10. The van der Waals surface area contributed by atoms with Gasteiger partial charge in [0, 0.05) is 5.56 Å². The third kappa shape index (κ3) is 1.21. The maximum Gasteiger partial charge on any atom is 0.228 e. The number of carbonyl (C=O) groups is 1. The summed E-state index contributed by atoms with van der Waals surface area (Å²) in [6, 6.07) is 2.02. The van der Waals surface area contributed by atoms with Crippen molar-refractivity contribution in [3.63, 3.8) is 0 Å². The maximum atomic E-state index is 11.2. The van der Waals surface area contributed by atoms with Crippen molar-refractivity contribution >= 4 is 11.6 Å². The predicted octanol–water partition coefficient (Wildman–Crippen LogP) is 1.29. The normalized spacial score (nSPS) is 14.1. The maximum absolute atomic E-state index is 11.2. The van der Waals surface area contributed by atoms with Gasteiger partial charge in [-0.05, 0) is 30.5 Å². The van der Waals surface area contributed by atoms with E-state index in [1.807, 2.05) is 19.9 Å². The molecule has 3 heteroatoms. The van der Waals surface area contributed by atoms with Gasteiger partial charge in [-0.3, -0.25) is 4.79 Å². The van der Waals surface area contributed by atoms with Crippen molar-refractivity contribution in [1.29, 1.82) is 0 Å². The molecule has 3 nitrogen and oxygen atoms in total. The molecule has 1 aliphatic rings. The Balaban J connectivity index is 2.65. The number of fused-ring (bicyclic) bond motifs is 1. The first-order valence-corrected chi connectivity index (χ1v) is 4.66. The van der Waals surface area contributed by atoms with Gasteiger partial charge >= 0.3 is 0 Å². The van der Waals surface area contributed by atoms with Gasteiger partial charge < -0.3 is 10.4 Å². The van der Waals surface area contributed by atoms with E-state index in [1.165, 1.54) is 0 Å². The van der Waals surface area contributed by atoms with Crippen LogP contribution in [0, 0.1) is 13.8 Å². The summed E-state index contributed by atoms with van der Waals surface area (Å²) in [5.41, 5.74) is 4.87. The van der Waals surface area contributed by atoms with E-state index in [-0.39, 0.29) is 12.5 Å². The average Bonchev–Trinajstić information content (AvgIpc) is 2.47. The zero-order valence-corrected chi connectivity index (χ0v) is 8.35. The molecule has 1 aromatic rings. The molecule has 0 aromatic heterocycles. The highest BCUT2D eigenvalue weighted by molar-refractivity contribution is 6.00. The Hall–Kier alpha value is -1.35. The Morgan fingerprint density at radius 3 is 2.86 bits per heavy atom. The van der Waals surface area contributed by atoms with Crippen LogP contribution in [0.1, 0.15) is 22.3 Å². The Labute approximate surface area is 82.8 Å². The molecule has 2 rings (SSSR count). The van der Waals surface area contributed by atoms with Crippen LogP contribution in [0.3, 0.4) is 0 Å². The SMILES string of the molecule is Cc1cc2c(c(CO)c1C)NC(=O)C2. The molecular weight excluding hydrogens is 178 g/mol. The molecule has 1 heterocycles. The third-order valence-electron chi connectivity index (χ3n) is 2.83. The van der Waals surface area contributed by atoms with E-state index in [0.29, 0.717) is 6.42 Å². The minimum absolute atomic E-state index is 0.0136. The van der Waals surface area contributed by atoms with Gasteiger partial charge in [0.25, 0.3) is 0 Å². The Morgan fingerprint density at radius 1 is 1.50 bits per heavy atom. The van der Waals surface area contributed by atoms with Gasteiger partial charge in [0.15, 0.2) is 0 Å². The van der Waals surface area contributed by atoms with Gasteiger partial charge in [0.1, 0.15) is 0 Å². The zero-order chi connectivity index (χ0) is 10.3. The first kappa shape index (κ1) is 9.21. The number of nitrogens with one attached hydrogen (secondary N) is 1. The van der Waals surface area contributed by atoms with Gasteiger partial charge in [-0.25, -0.2) is 0 Å². The molecule has 0 spiro atoms. The third-order valence-corrected chi connectivity index (χ3v) is 2.83. The van der Waals surface area contributed by atoms with Crippen LogP contribution in [0.15, 0.2) is 6.07 Å². The van der Waals surface area contributed by atoms with Gasteiger partial charge in [-0.1, -0.05) is 6.07 Å². The summed E-state index contributed by atoms with van der Waals surface area (Å²) in [5.74, 6) is 0.0136. The molecule has 0 saturated carbocycles. The smallest absolute Gasteiger partial charge is 0.228 e. The van der Waals surface area contributed by atoms with Crippen molar-refractivity contribution in [2.24, 2.45) is 0 Å². The Kier molecular flexibility index (Phi) is 2.04. The molecule has 0 unspecified atom stereocenters. The lowest BCUT2D eigenvalue weighted by atomic mass is 9.98. The number of aliphatic hydroxyl groups excluding tert-OH is 1. The highest BCUT2D eigenvalue weighted by Gasteiger charge is 2.22. The highest BCUT2D eigenvalue weighted by Crippen LogP contribution is 2.31. The first-order chi connectivity index (χ1) is 6.63. The van der Waals surface area contributed by atoms with Crippen LogP contribution in [0.25, 0.3) is 0 Å². The number of aryl methyl sites for hydroxylation is 1. The average molecular weight is 191 g/mol. The number of benzene rings is 1. The van der Waals surface area contributed by atoms with Gasteiger partial charge in [-0.15, -0.1) is 0 Å². The number of anilines is 1. The van der Waals surface area contributed by atoms with Crippen molar-refractivity contribution in [2.45, 2.75) is 26.9 Å². The molecule has 1 aliphatic heterocycles. The summed E-state index contributed by atoms with van der Waals surface area (Å²) < 4.78 is 0. The van der Waals surface area contributed by atoms with E-state index in [1.54, 1.807) is 0 Å². The lowest BCUT2D eigenvalue weighted by Gasteiger charge is -2.11. The van der Waals surface area contributed by atoms with E-state index >= 15 is 0 Å². The fraction of sp³-hybridized carbons (Fsp3) is 0.364. The molecule has 2 N–H and O–H groups in total. The lowest BCUT2D eigenvalue weighted by molar-refractivity contribution is -0.115. The van der Waals surface area contributed by atoms with Crippen molar-refractivity contribution in [3.8, 4) is 0 Å². The molecule has 0 aliphatic carbocycles.